The average Bonchev–Trinajstić information content (AvgIpc) is 2.87. The number of nitrogens with one attached hydrogen (secondary N) is 1. The third-order valence-electron chi connectivity index (χ3n) is 3.02. The Morgan fingerprint density at radius 2 is 2.05 bits per heavy atom. The summed E-state index contributed by atoms with van der Waals surface area (Å²) in [5, 5.41) is 8.51. The Kier molecular flexibility index (Phi) is 3.49. The van der Waals surface area contributed by atoms with Gasteiger partial charge < -0.3 is 9.84 Å². The van der Waals surface area contributed by atoms with Crippen LogP contribution in [-0.4, -0.2) is 11.1 Å². The number of carbonyl (C=O) groups excluding carboxylic acids is 1. The Balaban J connectivity index is 2.16. The zero-order valence-corrected chi connectivity index (χ0v) is 12.6. The number of carbonyl (C=O) groups is 1. The molecule has 0 aliphatic heterocycles. The lowest BCUT2D eigenvalue weighted by atomic mass is 9.93. The summed E-state index contributed by atoms with van der Waals surface area (Å²) in [7, 11) is 0. The molecule has 1 amide bonds. The zero-order valence-electron chi connectivity index (χ0n) is 11.8. The van der Waals surface area contributed by atoms with Gasteiger partial charge >= 0.3 is 0 Å². The van der Waals surface area contributed by atoms with E-state index in [1.54, 1.807) is 17.4 Å². The number of hydrogen-bond acceptors (Lipinski definition) is 4. The highest BCUT2D eigenvalue weighted by Gasteiger charge is 2.21. The molecule has 0 saturated heterocycles. The molecular weight excluding hydrogens is 260 g/mol. The first-order chi connectivity index (χ1) is 8.79. The molecule has 0 aromatic carbocycles. The molecule has 4 nitrogen and oxygen atoms in total. The van der Waals surface area contributed by atoms with Crippen molar-refractivity contribution < 1.29 is 9.32 Å². The summed E-state index contributed by atoms with van der Waals surface area (Å²) < 4.78 is 5.24. The summed E-state index contributed by atoms with van der Waals surface area (Å²) in [6.07, 6.45) is 0. The summed E-state index contributed by atoms with van der Waals surface area (Å²) in [6, 6.07) is 1.77. The number of aryl methyl sites for hydroxylation is 1. The molecule has 0 saturated carbocycles. The molecule has 5 heteroatoms. The molecule has 0 aliphatic carbocycles. The van der Waals surface area contributed by atoms with Gasteiger partial charge in [0.05, 0.1) is 5.56 Å². The van der Waals surface area contributed by atoms with E-state index in [4.69, 9.17) is 4.52 Å². The quantitative estimate of drug-likeness (QED) is 0.906. The van der Waals surface area contributed by atoms with Gasteiger partial charge in [0.1, 0.15) is 5.76 Å². The number of anilines is 1. The Morgan fingerprint density at radius 1 is 1.37 bits per heavy atom. The van der Waals surface area contributed by atoms with E-state index in [1.807, 2.05) is 40.0 Å². The molecular formula is C14H18N2O2S. The molecule has 0 radical (unpaired) electrons. The van der Waals surface area contributed by atoms with Gasteiger partial charge in [0.25, 0.3) is 5.91 Å². The van der Waals surface area contributed by atoms with Crippen LogP contribution in [0.25, 0.3) is 0 Å². The molecule has 19 heavy (non-hydrogen) atoms. The third-order valence-corrected chi connectivity index (χ3v) is 4.03. The van der Waals surface area contributed by atoms with Crippen LogP contribution in [-0.2, 0) is 5.41 Å². The van der Waals surface area contributed by atoms with Crippen LogP contribution in [0, 0.1) is 13.8 Å². The monoisotopic (exact) mass is 278 g/mol. The molecule has 2 aromatic rings. The van der Waals surface area contributed by atoms with Crippen LogP contribution in [0.15, 0.2) is 16.0 Å². The third kappa shape index (κ3) is 2.87. The van der Waals surface area contributed by atoms with Crippen molar-refractivity contribution in [2.75, 3.05) is 5.32 Å². The van der Waals surface area contributed by atoms with Crippen molar-refractivity contribution >= 4 is 23.1 Å². The Morgan fingerprint density at radius 3 is 2.53 bits per heavy atom. The van der Waals surface area contributed by atoms with E-state index in [-0.39, 0.29) is 11.3 Å². The SMILES string of the molecule is Cc1scc(C(=O)Nc2cc(C(C)(C)C)on2)c1C. The maximum absolute atomic E-state index is 12.1. The van der Waals surface area contributed by atoms with Gasteiger partial charge in [-0.15, -0.1) is 11.3 Å². The first-order valence-electron chi connectivity index (χ1n) is 6.12. The van der Waals surface area contributed by atoms with E-state index in [0.29, 0.717) is 11.4 Å². The zero-order chi connectivity index (χ0) is 14.2. The number of rotatable bonds is 2. The van der Waals surface area contributed by atoms with Crippen LogP contribution in [0.1, 0.15) is 47.3 Å². The number of nitrogens with zero attached hydrogens (tertiary/aromatic N) is 1. The van der Waals surface area contributed by atoms with Crippen molar-refractivity contribution in [3.05, 3.63) is 33.2 Å². The first-order valence-corrected chi connectivity index (χ1v) is 7.00. The first kappa shape index (κ1) is 13.8. The highest BCUT2D eigenvalue weighted by Crippen LogP contribution is 2.25. The molecule has 102 valence electrons. The maximum atomic E-state index is 12.1. The van der Waals surface area contributed by atoms with Crippen LogP contribution in [0.4, 0.5) is 5.82 Å². The lowest BCUT2D eigenvalue weighted by Crippen LogP contribution is -2.12. The fourth-order valence-electron chi connectivity index (χ4n) is 1.61. The Labute approximate surface area is 116 Å². The minimum atomic E-state index is -0.143. The molecule has 1 N–H and O–H groups in total. The summed E-state index contributed by atoms with van der Waals surface area (Å²) in [5.41, 5.74) is 1.59. The van der Waals surface area contributed by atoms with E-state index in [0.717, 1.165) is 16.2 Å². The summed E-state index contributed by atoms with van der Waals surface area (Å²) in [5.74, 6) is 1.06. The van der Waals surface area contributed by atoms with Crippen molar-refractivity contribution in [1.82, 2.24) is 5.16 Å². The van der Waals surface area contributed by atoms with Crippen LogP contribution in [0.2, 0.25) is 0 Å². The van der Waals surface area contributed by atoms with Crippen LogP contribution in [0.5, 0.6) is 0 Å². The van der Waals surface area contributed by atoms with Crippen LogP contribution in [0.3, 0.4) is 0 Å². The van der Waals surface area contributed by atoms with Crippen LogP contribution >= 0.6 is 11.3 Å². The van der Waals surface area contributed by atoms with E-state index in [2.05, 4.69) is 10.5 Å². The van der Waals surface area contributed by atoms with Gasteiger partial charge in [-0.1, -0.05) is 25.9 Å². The number of thiophene rings is 1. The molecule has 0 aliphatic rings. The van der Waals surface area contributed by atoms with E-state index < -0.39 is 0 Å². The smallest absolute Gasteiger partial charge is 0.258 e. The topological polar surface area (TPSA) is 55.1 Å². The molecule has 0 bridgehead atoms. The second kappa shape index (κ2) is 4.81. The molecule has 0 unspecified atom stereocenters. The highest BCUT2D eigenvalue weighted by molar-refractivity contribution is 7.10. The molecule has 0 fully saturated rings. The van der Waals surface area contributed by atoms with Gasteiger partial charge in [0, 0.05) is 21.7 Å². The van der Waals surface area contributed by atoms with Crippen molar-refractivity contribution in [3.63, 3.8) is 0 Å². The second-order valence-electron chi connectivity index (χ2n) is 5.61. The minimum Gasteiger partial charge on any atom is -0.359 e. The minimum absolute atomic E-state index is 0.120. The largest absolute Gasteiger partial charge is 0.359 e. The Hall–Kier alpha value is -1.62. The predicted molar refractivity (Wildman–Crippen MR) is 76.9 cm³/mol. The maximum Gasteiger partial charge on any atom is 0.258 e. The predicted octanol–water partition coefficient (Wildman–Crippen LogP) is 3.90. The summed E-state index contributed by atoms with van der Waals surface area (Å²) in [4.78, 5) is 13.3. The summed E-state index contributed by atoms with van der Waals surface area (Å²) >= 11 is 1.57. The van der Waals surface area contributed by atoms with Crippen molar-refractivity contribution in [3.8, 4) is 0 Å². The van der Waals surface area contributed by atoms with Crippen LogP contribution < -0.4 is 5.32 Å². The van der Waals surface area contributed by atoms with E-state index >= 15 is 0 Å². The summed E-state index contributed by atoms with van der Waals surface area (Å²) in [6.45, 7) is 10.1. The fraction of sp³-hybridized carbons (Fsp3) is 0.429. The van der Waals surface area contributed by atoms with Gasteiger partial charge in [0.2, 0.25) is 0 Å². The highest BCUT2D eigenvalue weighted by atomic mass is 32.1. The van der Waals surface area contributed by atoms with Gasteiger partial charge in [-0.25, -0.2) is 0 Å². The molecule has 2 heterocycles. The van der Waals surface area contributed by atoms with Gasteiger partial charge in [-0.2, -0.15) is 0 Å². The molecule has 0 atom stereocenters. The second-order valence-corrected chi connectivity index (χ2v) is 6.69. The van der Waals surface area contributed by atoms with Crippen molar-refractivity contribution in [2.45, 2.75) is 40.0 Å². The lowest BCUT2D eigenvalue weighted by Gasteiger charge is -2.12. The Bertz CT molecular complexity index is 605. The number of aromatic nitrogens is 1. The van der Waals surface area contributed by atoms with Gasteiger partial charge in [-0.3, -0.25) is 4.79 Å². The number of hydrogen-bond donors (Lipinski definition) is 1. The molecule has 0 spiro atoms. The van der Waals surface area contributed by atoms with Crippen molar-refractivity contribution in [1.29, 1.82) is 0 Å². The van der Waals surface area contributed by atoms with Crippen molar-refractivity contribution in [2.24, 2.45) is 0 Å². The standard InChI is InChI=1S/C14H18N2O2S/c1-8-9(2)19-7-10(8)13(17)15-12-6-11(18-16-12)14(3,4)5/h6-7H,1-5H3,(H,15,16,17). The molecule has 2 aromatic heterocycles. The lowest BCUT2D eigenvalue weighted by molar-refractivity contribution is 0.102. The van der Waals surface area contributed by atoms with E-state index in [9.17, 15) is 4.79 Å². The van der Waals surface area contributed by atoms with E-state index in [1.165, 1.54) is 0 Å². The fourth-order valence-corrected chi connectivity index (χ4v) is 2.47. The number of amides is 1. The average molecular weight is 278 g/mol. The normalized spacial score (nSPS) is 11.6. The molecule has 2 rings (SSSR count). The van der Waals surface area contributed by atoms with Gasteiger partial charge in [0.15, 0.2) is 5.82 Å². The van der Waals surface area contributed by atoms with Gasteiger partial charge in [-0.05, 0) is 19.4 Å².